The van der Waals surface area contributed by atoms with E-state index in [1.807, 2.05) is 18.2 Å². The van der Waals surface area contributed by atoms with Gasteiger partial charge in [0.05, 0.1) is 21.9 Å². The minimum absolute atomic E-state index is 0.237. The first-order valence-corrected chi connectivity index (χ1v) is 9.20. The Morgan fingerprint density at radius 1 is 1.15 bits per heavy atom. The highest BCUT2D eigenvalue weighted by molar-refractivity contribution is 9.10. The van der Waals surface area contributed by atoms with Crippen LogP contribution in [0.5, 0.6) is 0 Å². The van der Waals surface area contributed by atoms with Crippen LogP contribution in [0, 0.1) is 5.82 Å². The van der Waals surface area contributed by atoms with Crippen LogP contribution in [0.2, 0.25) is 0 Å². The molecule has 130 valence electrons. The molecule has 2 heterocycles. The van der Waals surface area contributed by atoms with E-state index in [2.05, 4.69) is 26.2 Å². The minimum Gasteiger partial charge on any atom is -0.311 e. The molecule has 5 nitrogen and oxygen atoms in total. The summed E-state index contributed by atoms with van der Waals surface area (Å²) in [7, 11) is 1.67. The molecule has 0 unspecified atom stereocenters. The molecule has 0 aromatic heterocycles. The van der Waals surface area contributed by atoms with E-state index in [9.17, 15) is 14.0 Å². The summed E-state index contributed by atoms with van der Waals surface area (Å²) in [6.07, 6.45) is 0. The van der Waals surface area contributed by atoms with Crippen LogP contribution >= 0.6 is 27.7 Å². The molecule has 2 aliphatic heterocycles. The number of amidine groups is 1. The average Bonchev–Trinajstić information content (AvgIpc) is 3.07. The smallest absolute Gasteiger partial charge is 0.264 e. The number of halogens is 2. The number of anilines is 1. The van der Waals surface area contributed by atoms with Crippen molar-refractivity contribution in [2.75, 3.05) is 11.9 Å². The highest BCUT2D eigenvalue weighted by atomic mass is 79.9. The van der Waals surface area contributed by atoms with Gasteiger partial charge < -0.3 is 10.2 Å². The predicted octanol–water partition coefficient (Wildman–Crippen LogP) is 3.83. The van der Waals surface area contributed by atoms with Gasteiger partial charge in [0.25, 0.3) is 11.8 Å². The van der Waals surface area contributed by atoms with Gasteiger partial charge in [0.2, 0.25) is 0 Å². The molecular formula is C18H11BrFN3O2S. The van der Waals surface area contributed by atoms with Crippen molar-refractivity contribution in [2.24, 2.45) is 4.99 Å². The van der Waals surface area contributed by atoms with Crippen molar-refractivity contribution in [2.45, 2.75) is 0 Å². The summed E-state index contributed by atoms with van der Waals surface area (Å²) < 4.78 is 13.8. The molecule has 26 heavy (non-hydrogen) atoms. The number of hydrogen-bond acceptors (Lipinski definition) is 4. The maximum atomic E-state index is 13.0. The van der Waals surface area contributed by atoms with Gasteiger partial charge in [-0.3, -0.25) is 9.59 Å². The molecule has 1 fully saturated rings. The number of carbonyl (C=O) groups excluding carboxylic acids is 2. The number of carbonyl (C=O) groups is 2. The second kappa shape index (κ2) is 6.37. The number of fused-ring (bicyclic) bond motifs is 1. The van der Waals surface area contributed by atoms with E-state index >= 15 is 0 Å². The molecule has 0 saturated carbocycles. The number of likely N-dealkylation sites (N-methyl/N-ethyl adjacent to an activating group) is 1. The summed E-state index contributed by atoms with van der Waals surface area (Å²) in [5.41, 5.74) is 2.32. The van der Waals surface area contributed by atoms with Crippen molar-refractivity contribution >= 4 is 61.6 Å². The van der Waals surface area contributed by atoms with E-state index in [1.54, 1.807) is 7.05 Å². The summed E-state index contributed by atoms with van der Waals surface area (Å²) in [6.45, 7) is 0. The van der Waals surface area contributed by atoms with Crippen molar-refractivity contribution in [1.82, 2.24) is 5.32 Å². The zero-order chi connectivity index (χ0) is 18.4. The summed E-state index contributed by atoms with van der Waals surface area (Å²) in [6, 6.07) is 11.1. The highest BCUT2D eigenvalue weighted by Gasteiger charge is 2.38. The Morgan fingerprint density at radius 2 is 1.88 bits per heavy atom. The van der Waals surface area contributed by atoms with Crippen molar-refractivity contribution in [1.29, 1.82) is 0 Å². The van der Waals surface area contributed by atoms with Crippen LogP contribution in [0.25, 0.3) is 5.57 Å². The number of aliphatic imine (C=N–C) groups is 1. The lowest BCUT2D eigenvalue weighted by Crippen LogP contribution is -2.23. The lowest BCUT2D eigenvalue weighted by atomic mass is 10.1. The standard InChI is InChI=1S/C18H11BrFN3O2S/c1-23-13-7-2-9(19)8-12(13)14(17(23)25)15-16(24)22-18(26-15)21-11-5-3-10(20)4-6-11/h2-8H,1H3,(H,21,22,24). The number of amides is 2. The van der Waals surface area contributed by atoms with Crippen LogP contribution < -0.4 is 10.2 Å². The second-order valence-electron chi connectivity index (χ2n) is 5.68. The van der Waals surface area contributed by atoms with E-state index in [0.717, 1.165) is 21.9 Å². The maximum Gasteiger partial charge on any atom is 0.264 e. The first kappa shape index (κ1) is 17.0. The van der Waals surface area contributed by atoms with Gasteiger partial charge in [0.1, 0.15) is 5.82 Å². The van der Waals surface area contributed by atoms with Crippen LogP contribution in [0.15, 0.2) is 56.8 Å². The molecule has 1 N–H and O–H groups in total. The topological polar surface area (TPSA) is 61.8 Å². The SMILES string of the molecule is CN1C(=O)C(=C2SC(=Nc3ccc(F)cc3)NC2=O)c2cc(Br)ccc21. The Morgan fingerprint density at radius 3 is 2.62 bits per heavy atom. The summed E-state index contributed by atoms with van der Waals surface area (Å²) >= 11 is 4.51. The number of thioether (sulfide) groups is 1. The molecule has 0 radical (unpaired) electrons. The van der Waals surface area contributed by atoms with Crippen LogP contribution in [0.4, 0.5) is 15.8 Å². The van der Waals surface area contributed by atoms with Gasteiger partial charge in [-0.2, -0.15) is 0 Å². The first-order valence-electron chi connectivity index (χ1n) is 7.60. The average molecular weight is 432 g/mol. The zero-order valence-corrected chi connectivity index (χ0v) is 15.8. The molecule has 0 bridgehead atoms. The van der Waals surface area contributed by atoms with Crippen LogP contribution in [0.1, 0.15) is 5.56 Å². The third-order valence-electron chi connectivity index (χ3n) is 4.02. The van der Waals surface area contributed by atoms with Crippen molar-refractivity contribution in [3.05, 3.63) is 63.2 Å². The van der Waals surface area contributed by atoms with Crippen LogP contribution in [-0.4, -0.2) is 24.0 Å². The van der Waals surface area contributed by atoms with Gasteiger partial charge in [-0.1, -0.05) is 15.9 Å². The number of hydrogen-bond donors (Lipinski definition) is 1. The quantitative estimate of drug-likeness (QED) is 0.697. The Balaban J connectivity index is 1.76. The highest BCUT2D eigenvalue weighted by Crippen LogP contribution is 2.43. The van der Waals surface area contributed by atoms with Crippen molar-refractivity contribution in [3.63, 3.8) is 0 Å². The van der Waals surface area contributed by atoms with E-state index in [0.29, 0.717) is 26.9 Å². The zero-order valence-electron chi connectivity index (χ0n) is 13.4. The van der Waals surface area contributed by atoms with Gasteiger partial charge in [0, 0.05) is 17.1 Å². The van der Waals surface area contributed by atoms with Gasteiger partial charge in [-0.25, -0.2) is 9.38 Å². The van der Waals surface area contributed by atoms with E-state index in [4.69, 9.17) is 0 Å². The van der Waals surface area contributed by atoms with Gasteiger partial charge in [-0.15, -0.1) is 0 Å². The maximum absolute atomic E-state index is 13.0. The Hall–Kier alpha value is -2.45. The van der Waals surface area contributed by atoms with Crippen molar-refractivity contribution in [3.8, 4) is 0 Å². The number of benzene rings is 2. The van der Waals surface area contributed by atoms with Gasteiger partial charge in [0.15, 0.2) is 5.17 Å². The molecule has 0 aliphatic carbocycles. The Kier molecular flexibility index (Phi) is 4.16. The lowest BCUT2D eigenvalue weighted by molar-refractivity contribution is -0.116. The van der Waals surface area contributed by atoms with E-state index in [1.165, 1.54) is 29.2 Å². The molecule has 2 amide bonds. The fourth-order valence-electron chi connectivity index (χ4n) is 2.78. The summed E-state index contributed by atoms with van der Waals surface area (Å²) in [5.74, 6) is -0.971. The fraction of sp³-hybridized carbons (Fsp3) is 0.0556. The number of nitrogens with zero attached hydrogens (tertiary/aromatic N) is 2. The van der Waals surface area contributed by atoms with Gasteiger partial charge >= 0.3 is 0 Å². The fourth-order valence-corrected chi connectivity index (χ4v) is 4.08. The Labute approximate surface area is 161 Å². The molecule has 1 saturated heterocycles. The van der Waals surface area contributed by atoms with E-state index < -0.39 is 0 Å². The second-order valence-corrected chi connectivity index (χ2v) is 7.59. The predicted molar refractivity (Wildman–Crippen MR) is 104 cm³/mol. The minimum atomic E-state index is -0.375. The molecule has 0 spiro atoms. The number of nitrogens with one attached hydrogen (secondary N) is 1. The third kappa shape index (κ3) is 2.85. The number of rotatable bonds is 1. The van der Waals surface area contributed by atoms with Gasteiger partial charge in [-0.05, 0) is 54.2 Å². The molecule has 2 aromatic carbocycles. The lowest BCUT2D eigenvalue weighted by Gasteiger charge is -2.08. The molecule has 2 aliphatic rings. The first-order chi connectivity index (χ1) is 12.4. The van der Waals surface area contributed by atoms with Crippen LogP contribution in [-0.2, 0) is 9.59 Å². The molecular weight excluding hydrogens is 421 g/mol. The van der Waals surface area contributed by atoms with Crippen molar-refractivity contribution < 1.29 is 14.0 Å². The normalized spacial score (nSPS) is 20.7. The van der Waals surface area contributed by atoms with Crippen LogP contribution in [0.3, 0.4) is 0 Å². The largest absolute Gasteiger partial charge is 0.311 e. The monoisotopic (exact) mass is 431 g/mol. The third-order valence-corrected chi connectivity index (χ3v) is 5.49. The molecule has 2 aromatic rings. The summed E-state index contributed by atoms with van der Waals surface area (Å²) in [5, 5.41) is 3.01. The summed E-state index contributed by atoms with van der Waals surface area (Å²) in [4.78, 5) is 31.3. The molecule has 8 heteroatoms. The Bertz CT molecular complexity index is 1020. The molecule has 0 atom stereocenters. The molecule has 4 rings (SSSR count). The van der Waals surface area contributed by atoms with E-state index in [-0.39, 0.29) is 17.6 Å².